The molecule has 0 atom stereocenters. The molecule has 0 saturated carbocycles. The molecule has 60 heavy (non-hydrogen) atoms. The Bertz CT molecular complexity index is 3260. The lowest BCUT2D eigenvalue weighted by atomic mass is 9.90. The van der Waals surface area contributed by atoms with E-state index in [1.165, 1.54) is 38.4 Å². The quantitative estimate of drug-likeness (QED) is 0.143. The molecule has 2 nitrogen and oxygen atoms in total. The first-order chi connectivity index (χ1) is 29.8. The van der Waals surface area contributed by atoms with E-state index in [4.69, 9.17) is 4.42 Å². The van der Waals surface area contributed by atoms with Gasteiger partial charge in [0, 0.05) is 39.0 Å². The Labute approximate surface area is 349 Å². The summed E-state index contributed by atoms with van der Waals surface area (Å²) in [4.78, 5) is 2.33. The summed E-state index contributed by atoms with van der Waals surface area (Å²) in [5, 5.41) is 5.82. The molecule has 1 aromatic heterocycles. The lowest BCUT2D eigenvalue weighted by Crippen LogP contribution is -2.09. The van der Waals surface area contributed by atoms with Crippen LogP contribution in [0.1, 0.15) is 0 Å². The molecule has 11 rings (SSSR count). The zero-order valence-corrected chi connectivity index (χ0v) is 32.9. The second-order valence-electron chi connectivity index (χ2n) is 15.3. The largest absolute Gasteiger partial charge is 0.455 e. The highest BCUT2D eigenvalue weighted by molar-refractivity contribution is 6.29. The Hall–Kier alpha value is -7.94. The number of hydrogen-bond donors (Lipinski definition) is 0. The Morgan fingerprint density at radius 2 is 0.683 bits per heavy atom. The third-order valence-corrected chi connectivity index (χ3v) is 11.7. The van der Waals surface area contributed by atoms with Crippen LogP contribution >= 0.6 is 0 Å². The first-order valence-electron chi connectivity index (χ1n) is 20.5. The predicted molar refractivity (Wildman–Crippen MR) is 253 cm³/mol. The van der Waals surface area contributed by atoms with Crippen LogP contribution in [-0.4, -0.2) is 0 Å². The maximum Gasteiger partial charge on any atom is 0.143 e. The van der Waals surface area contributed by atoms with E-state index in [0.717, 1.165) is 67.0 Å². The van der Waals surface area contributed by atoms with Crippen molar-refractivity contribution in [3.05, 3.63) is 237 Å². The van der Waals surface area contributed by atoms with E-state index in [2.05, 4.69) is 241 Å². The fourth-order valence-electron chi connectivity index (χ4n) is 8.77. The lowest BCUT2D eigenvalue weighted by molar-refractivity contribution is 0.636. The van der Waals surface area contributed by atoms with Crippen LogP contribution in [0.15, 0.2) is 241 Å². The molecule has 0 amide bonds. The molecule has 2 heteroatoms. The third-order valence-electron chi connectivity index (χ3n) is 11.7. The second-order valence-corrected chi connectivity index (χ2v) is 15.3. The van der Waals surface area contributed by atoms with E-state index < -0.39 is 0 Å². The first-order valence-corrected chi connectivity index (χ1v) is 20.5. The van der Waals surface area contributed by atoms with E-state index in [1.54, 1.807) is 0 Å². The number of nitrogens with zero attached hydrogens (tertiary/aromatic N) is 1. The fourth-order valence-corrected chi connectivity index (χ4v) is 8.77. The zero-order chi connectivity index (χ0) is 39.8. The van der Waals surface area contributed by atoms with Gasteiger partial charge in [-0.05, 0) is 104 Å². The summed E-state index contributed by atoms with van der Waals surface area (Å²) in [6, 6.07) is 84.5. The van der Waals surface area contributed by atoms with E-state index >= 15 is 0 Å². The van der Waals surface area contributed by atoms with Gasteiger partial charge in [0.1, 0.15) is 11.3 Å². The summed E-state index contributed by atoms with van der Waals surface area (Å²) in [7, 11) is 0. The van der Waals surface area contributed by atoms with Crippen LogP contribution < -0.4 is 4.90 Å². The van der Waals surface area contributed by atoms with E-state index in [1.807, 2.05) is 0 Å². The third kappa shape index (κ3) is 6.32. The molecule has 10 aromatic carbocycles. The highest BCUT2D eigenvalue weighted by atomic mass is 16.3. The summed E-state index contributed by atoms with van der Waals surface area (Å²) < 4.78 is 6.98. The molecular formula is C58H39NO. The SMILES string of the molecule is c1ccc(-c2cccc(-c3ccc(N(c4ccccc4)c4ccc(-c5ccc6c7ccccc7c7oc(-c8ccccc8)c(-c8ccccc8)c7c6c5)cc4)cc3)c2)cc1. The summed E-state index contributed by atoms with van der Waals surface area (Å²) in [6.07, 6.45) is 0. The fraction of sp³-hybridized carbons (Fsp3) is 0. The highest BCUT2D eigenvalue weighted by Crippen LogP contribution is 2.48. The maximum atomic E-state index is 6.98. The number of benzene rings is 10. The van der Waals surface area contributed by atoms with Crippen molar-refractivity contribution in [3.8, 4) is 55.8 Å². The Balaban J connectivity index is 1.01. The van der Waals surface area contributed by atoms with Crippen molar-refractivity contribution in [2.45, 2.75) is 0 Å². The molecule has 282 valence electrons. The lowest BCUT2D eigenvalue weighted by Gasteiger charge is -2.26. The minimum atomic E-state index is 0.888. The van der Waals surface area contributed by atoms with Gasteiger partial charge in [-0.2, -0.15) is 0 Å². The van der Waals surface area contributed by atoms with Crippen molar-refractivity contribution in [3.63, 3.8) is 0 Å². The number of hydrogen-bond acceptors (Lipinski definition) is 2. The molecule has 1 heterocycles. The minimum absolute atomic E-state index is 0.888. The normalized spacial score (nSPS) is 11.3. The zero-order valence-electron chi connectivity index (χ0n) is 32.9. The number of anilines is 3. The number of fused-ring (bicyclic) bond motifs is 6. The van der Waals surface area contributed by atoms with Crippen LogP contribution in [0.4, 0.5) is 17.1 Å². The predicted octanol–water partition coefficient (Wildman–Crippen LogP) is 16.5. The van der Waals surface area contributed by atoms with Crippen molar-refractivity contribution in [1.29, 1.82) is 0 Å². The van der Waals surface area contributed by atoms with Gasteiger partial charge in [-0.3, -0.25) is 0 Å². The molecule has 0 fully saturated rings. The van der Waals surface area contributed by atoms with Crippen molar-refractivity contribution < 1.29 is 4.42 Å². The van der Waals surface area contributed by atoms with Gasteiger partial charge >= 0.3 is 0 Å². The Morgan fingerprint density at radius 1 is 0.267 bits per heavy atom. The van der Waals surface area contributed by atoms with Gasteiger partial charge in [0.05, 0.1) is 0 Å². The van der Waals surface area contributed by atoms with Crippen LogP contribution in [-0.2, 0) is 0 Å². The van der Waals surface area contributed by atoms with Gasteiger partial charge in [0.25, 0.3) is 0 Å². The first kappa shape index (κ1) is 35.2. The summed E-state index contributed by atoms with van der Waals surface area (Å²) in [6.45, 7) is 0. The van der Waals surface area contributed by atoms with Crippen molar-refractivity contribution in [1.82, 2.24) is 0 Å². The molecule has 0 saturated heterocycles. The molecule has 0 radical (unpaired) electrons. The second kappa shape index (κ2) is 15.1. The van der Waals surface area contributed by atoms with Crippen LogP contribution in [0.5, 0.6) is 0 Å². The van der Waals surface area contributed by atoms with Gasteiger partial charge in [-0.15, -0.1) is 0 Å². The van der Waals surface area contributed by atoms with Crippen molar-refractivity contribution in [2.24, 2.45) is 0 Å². The average Bonchev–Trinajstić information content (AvgIpc) is 3.75. The monoisotopic (exact) mass is 765 g/mol. The van der Waals surface area contributed by atoms with E-state index in [9.17, 15) is 0 Å². The molecular weight excluding hydrogens is 727 g/mol. The van der Waals surface area contributed by atoms with Crippen LogP contribution in [0.25, 0.3) is 88.3 Å². The Kier molecular flexibility index (Phi) is 8.87. The van der Waals surface area contributed by atoms with Gasteiger partial charge in [0.15, 0.2) is 0 Å². The maximum absolute atomic E-state index is 6.98. The van der Waals surface area contributed by atoms with Gasteiger partial charge in [-0.25, -0.2) is 0 Å². The molecule has 0 aliphatic heterocycles. The minimum Gasteiger partial charge on any atom is -0.455 e. The van der Waals surface area contributed by atoms with Gasteiger partial charge in [0.2, 0.25) is 0 Å². The standard InChI is InChI=1S/C58H39NO/c1-5-16-40(17-6-1)45-22-15-23-46(38-45)41-28-33-49(34-29-41)59(48-24-11-4-12-25-48)50-35-30-42(31-36-50)47-32-37-52-51-26-13-14-27-53(51)58-56(54(52)39-47)55(43-18-7-2-8-19-43)57(60-58)44-20-9-3-10-21-44/h1-39H. The van der Waals surface area contributed by atoms with E-state index in [0.29, 0.717) is 0 Å². The van der Waals surface area contributed by atoms with Gasteiger partial charge in [-0.1, -0.05) is 188 Å². The van der Waals surface area contributed by atoms with Gasteiger partial charge < -0.3 is 9.32 Å². The molecule has 0 aliphatic rings. The molecule has 0 spiro atoms. The van der Waals surface area contributed by atoms with Crippen LogP contribution in [0.2, 0.25) is 0 Å². The molecule has 0 unspecified atom stereocenters. The molecule has 0 N–H and O–H groups in total. The Morgan fingerprint density at radius 3 is 1.28 bits per heavy atom. The number of rotatable bonds is 8. The molecule has 0 aliphatic carbocycles. The average molecular weight is 766 g/mol. The smallest absolute Gasteiger partial charge is 0.143 e. The van der Waals surface area contributed by atoms with Crippen LogP contribution in [0, 0.1) is 0 Å². The van der Waals surface area contributed by atoms with Crippen LogP contribution in [0.3, 0.4) is 0 Å². The number of para-hydroxylation sites is 1. The summed E-state index contributed by atoms with van der Waals surface area (Å²) >= 11 is 0. The van der Waals surface area contributed by atoms with E-state index in [-0.39, 0.29) is 0 Å². The summed E-state index contributed by atoms with van der Waals surface area (Å²) in [5.41, 5.74) is 14.6. The molecule has 0 bridgehead atoms. The topological polar surface area (TPSA) is 16.4 Å². The van der Waals surface area contributed by atoms with Crippen molar-refractivity contribution in [2.75, 3.05) is 4.90 Å². The van der Waals surface area contributed by atoms with Crippen molar-refractivity contribution >= 4 is 49.6 Å². The molecule has 11 aromatic rings. The highest BCUT2D eigenvalue weighted by Gasteiger charge is 2.23. The number of furan rings is 1. The summed E-state index contributed by atoms with van der Waals surface area (Å²) in [5.74, 6) is 0.888.